The summed E-state index contributed by atoms with van der Waals surface area (Å²) in [6.07, 6.45) is 0.807. The van der Waals surface area contributed by atoms with E-state index >= 15 is 0 Å². The number of hydrogen-bond acceptors (Lipinski definition) is 5. The number of amides is 2. The molecule has 2 aliphatic heterocycles. The Bertz CT molecular complexity index is 833. The van der Waals surface area contributed by atoms with E-state index in [0.29, 0.717) is 38.7 Å². The van der Waals surface area contributed by atoms with Crippen molar-refractivity contribution in [3.05, 3.63) is 35.0 Å². The van der Waals surface area contributed by atoms with Gasteiger partial charge in [-0.25, -0.2) is 4.79 Å². The first-order valence-electron chi connectivity index (χ1n) is 8.64. The van der Waals surface area contributed by atoms with Crippen molar-refractivity contribution in [1.29, 1.82) is 0 Å². The van der Waals surface area contributed by atoms with Crippen LogP contribution in [0.5, 0.6) is 11.5 Å². The standard InChI is InChI=1S/C18H22N4O4/c1-21-15-5-7-25-11-14(15)17(20-21)19-18(23)22-6-8-26-16-9-13(24-2)4-3-12(16)10-22/h3-4,9H,5-8,10-11H2,1-2H3,(H,19,20,23). The van der Waals surface area contributed by atoms with Gasteiger partial charge in [0.1, 0.15) is 18.1 Å². The van der Waals surface area contributed by atoms with Crippen molar-refractivity contribution in [2.24, 2.45) is 7.05 Å². The van der Waals surface area contributed by atoms with Crippen LogP contribution in [0.25, 0.3) is 0 Å². The van der Waals surface area contributed by atoms with E-state index in [1.165, 1.54) is 0 Å². The molecule has 0 atom stereocenters. The molecule has 2 amide bonds. The van der Waals surface area contributed by atoms with Gasteiger partial charge in [-0.2, -0.15) is 5.10 Å². The number of urea groups is 1. The Morgan fingerprint density at radius 3 is 3.08 bits per heavy atom. The summed E-state index contributed by atoms with van der Waals surface area (Å²) in [7, 11) is 3.51. The zero-order chi connectivity index (χ0) is 18.1. The van der Waals surface area contributed by atoms with E-state index in [0.717, 1.165) is 34.7 Å². The lowest BCUT2D eigenvalue weighted by molar-refractivity contribution is 0.109. The lowest BCUT2D eigenvalue weighted by Crippen LogP contribution is -2.36. The van der Waals surface area contributed by atoms with Crippen molar-refractivity contribution < 1.29 is 19.0 Å². The quantitative estimate of drug-likeness (QED) is 0.888. The number of hydrogen-bond donors (Lipinski definition) is 1. The maximum atomic E-state index is 12.8. The number of anilines is 1. The molecule has 3 heterocycles. The lowest BCUT2D eigenvalue weighted by atomic mass is 10.1. The number of nitrogens with zero attached hydrogens (tertiary/aromatic N) is 3. The van der Waals surface area contributed by atoms with Gasteiger partial charge in [-0.05, 0) is 12.1 Å². The third-order valence-corrected chi connectivity index (χ3v) is 4.77. The first kappa shape index (κ1) is 16.7. The molecule has 1 aromatic carbocycles. The number of aromatic nitrogens is 2. The first-order chi connectivity index (χ1) is 12.7. The van der Waals surface area contributed by atoms with Gasteiger partial charge in [0.25, 0.3) is 0 Å². The second-order valence-electron chi connectivity index (χ2n) is 6.37. The Morgan fingerprint density at radius 2 is 2.23 bits per heavy atom. The second-order valence-corrected chi connectivity index (χ2v) is 6.37. The van der Waals surface area contributed by atoms with Crippen molar-refractivity contribution in [2.75, 3.05) is 32.2 Å². The van der Waals surface area contributed by atoms with Crippen LogP contribution in [0.15, 0.2) is 18.2 Å². The van der Waals surface area contributed by atoms with Crippen LogP contribution in [0, 0.1) is 0 Å². The van der Waals surface area contributed by atoms with Gasteiger partial charge in [0.15, 0.2) is 5.82 Å². The van der Waals surface area contributed by atoms with Crippen molar-refractivity contribution in [2.45, 2.75) is 19.6 Å². The fourth-order valence-corrected chi connectivity index (χ4v) is 3.34. The van der Waals surface area contributed by atoms with Gasteiger partial charge in [-0.3, -0.25) is 10.00 Å². The summed E-state index contributed by atoms with van der Waals surface area (Å²) in [5.41, 5.74) is 3.02. The zero-order valence-corrected chi connectivity index (χ0v) is 14.9. The van der Waals surface area contributed by atoms with Gasteiger partial charge in [0.2, 0.25) is 0 Å². The Hall–Kier alpha value is -2.74. The minimum absolute atomic E-state index is 0.191. The molecule has 0 saturated carbocycles. The van der Waals surface area contributed by atoms with Crippen molar-refractivity contribution >= 4 is 11.8 Å². The van der Waals surface area contributed by atoms with Crippen LogP contribution in [0.2, 0.25) is 0 Å². The van der Waals surface area contributed by atoms with Gasteiger partial charge in [-0.15, -0.1) is 0 Å². The minimum Gasteiger partial charge on any atom is -0.497 e. The molecule has 2 aliphatic rings. The van der Waals surface area contributed by atoms with E-state index in [9.17, 15) is 4.79 Å². The molecule has 1 N–H and O–H groups in total. The van der Waals surface area contributed by atoms with Gasteiger partial charge in [0, 0.05) is 36.4 Å². The molecule has 0 spiro atoms. The number of nitrogens with one attached hydrogen (secondary N) is 1. The minimum atomic E-state index is -0.191. The van der Waals surface area contributed by atoms with Crippen LogP contribution in [0.4, 0.5) is 10.6 Å². The van der Waals surface area contributed by atoms with E-state index in [-0.39, 0.29) is 6.03 Å². The lowest BCUT2D eigenvalue weighted by Gasteiger charge is -2.20. The maximum Gasteiger partial charge on any atom is 0.323 e. The first-order valence-corrected chi connectivity index (χ1v) is 8.64. The van der Waals surface area contributed by atoms with E-state index in [1.54, 1.807) is 12.0 Å². The van der Waals surface area contributed by atoms with E-state index in [2.05, 4.69) is 10.4 Å². The number of methoxy groups -OCH3 is 1. The number of benzene rings is 1. The molecule has 26 heavy (non-hydrogen) atoms. The molecule has 0 aliphatic carbocycles. The third kappa shape index (κ3) is 3.08. The molecule has 0 fully saturated rings. The zero-order valence-electron chi connectivity index (χ0n) is 14.9. The number of carbonyl (C=O) groups excluding carboxylic acids is 1. The highest BCUT2D eigenvalue weighted by Crippen LogP contribution is 2.29. The molecule has 2 aromatic rings. The van der Waals surface area contributed by atoms with E-state index in [4.69, 9.17) is 14.2 Å². The maximum absolute atomic E-state index is 12.8. The largest absolute Gasteiger partial charge is 0.497 e. The van der Waals surface area contributed by atoms with Crippen LogP contribution in [-0.4, -0.2) is 47.6 Å². The molecule has 8 heteroatoms. The summed E-state index contributed by atoms with van der Waals surface area (Å²) in [6.45, 7) is 2.55. The van der Waals surface area contributed by atoms with Gasteiger partial charge in [0.05, 0.1) is 33.4 Å². The predicted octanol–water partition coefficient (Wildman–Crippen LogP) is 1.93. The Balaban J connectivity index is 1.51. The number of carbonyl (C=O) groups is 1. The predicted molar refractivity (Wildman–Crippen MR) is 94.5 cm³/mol. The molecule has 0 radical (unpaired) electrons. The monoisotopic (exact) mass is 358 g/mol. The highest BCUT2D eigenvalue weighted by Gasteiger charge is 2.25. The molecule has 8 nitrogen and oxygen atoms in total. The fourth-order valence-electron chi connectivity index (χ4n) is 3.34. The third-order valence-electron chi connectivity index (χ3n) is 4.77. The molecule has 138 valence electrons. The van der Waals surface area contributed by atoms with Crippen molar-refractivity contribution in [3.8, 4) is 11.5 Å². The summed E-state index contributed by atoms with van der Waals surface area (Å²) < 4.78 is 18.3. The molecule has 0 unspecified atom stereocenters. The average Bonchev–Trinajstić information content (AvgIpc) is 2.84. The van der Waals surface area contributed by atoms with E-state index < -0.39 is 0 Å². The van der Waals surface area contributed by atoms with Gasteiger partial charge in [-0.1, -0.05) is 0 Å². The average molecular weight is 358 g/mol. The van der Waals surface area contributed by atoms with Crippen molar-refractivity contribution in [1.82, 2.24) is 14.7 Å². The number of aryl methyl sites for hydroxylation is 1. The van der Waals surface area contributed by atoms with Gasteiger partial charge < -0.3 is 19.1 Å². The van der Waals surface area contributed by atoms with Crippen molar-refractivity contribution in [3.63, 3.8) is 0 Å². The number of ether oxygens (including phenoxy) is 3. The van der Waals surface area contributed by atoms with Crippen LogP contribution in [0.1, 0.15) is 16.8 Å². The molecule has 4 rings (SSSR count). The van der Waals surface area contributed by atoms with Crippen LogP contribution >= 0.6 is 0 Å². The molecule has 0 saturated heterocycles. The second kappa shape index (κ2) is 6.87. The summed E-state index contributed by atoms with van der Waals surface area (Å²) in [4.78, 5) is 14.5. The molecule has 0 bridgehead atoms. The fraction of sp³-hybridized carbons (Fsp3) is 0.444. The molecule has 1 aromatic heterocycles. The highest BCUT2D eigenvalue weighted by molar-refractivity contribution is 5.89. The topological polar surface area (TPSA) is 77.9 Å². The van der Waals surface area contributed by atoms with E-state index in [1.807, 2.05) is 29.9 Å². The number of fused-ring (bicyclic) bond motifs is 2. The summed E-state index contributed by atoms with van der Waals surface area (Å²) in [6, 6.07) is 5.46. The van der Waals surface area contributed by atoms with Crippen LogP contribution in [0.3, 0.4) is 0 Å². The Labute approximate surface area is 151 Å². The summed E-state index contributed by atoms with van der Waals surface area (Å²) >= 11 is 0. The van der Waals surface area contributed by atoms with Crippen LogP contribution < -0.4 is 14.8 Å². The molecular weight excluding hydrogens is 336 g/mol. The summed E-state index contributed by atoms with van der Waals surface area (Å²) in [5.74, 6) is 2.07. The normalized spacial score (nSPS) is 16.2. The van der Waals surface area contributed by atoms with Gasteiger partial charge >= 0.3 is 6.03 Å². The highest BCUT2D eigenvalue weighted by atomic mass is 16.5. The Kier molecular flexibility index (Phi) is 4.42. The smallest absolute Gasteiger partial charge is 0.323 e. The number of rotatable bonds is 2. The Morgan fingerprint density at radius 1 is 1.35 bits per heavy atom. The SMILES string of the molecule is COc1ccc2c(c1)OCCN(C(=O)Nc1nn(C)c3c1COCC3)C2. The van der Waals surface area contributed by atoms with Crippen LogP contribution in [-0.2, 0) is 31.4 Å². The molecular formula is C18H22N4O4. The summed E-state index contributed by atoms with van der Waals surface area (Å²) in [5, 5.41) is 7.38.